The second kappa shape index (κ2) is 5.81. The van der Waals surface area contributed by atoms with E-state index in [1.165, 1.54) is 0 Å². The molecule has 1 atom stereocenters. The second-order valence-electron chi connectivity index (χ2n) is 4.88. The van der Waals surface area contributed by atoms with Crippen LogP contribution in [0.5, 0.6) is 0 Å². The van der Waals surface area contributed by atoms with Crippen molar-refractivity contribution in [2.75, 3.05) is 19.7 Å². The van der Waals surface area contributed by atoms with Gasteiger partial charge in [0.1, 0.15) is 0 Å². The van der Waals surface area contributed by atoms with E-state index in [-0.39, 0.29) is 6.61 Å². The maximum atomic E-state index is 8.95. The summed E-state index contributed by atoms with van der Waals surface area (Å²) < 4.78 is 5.68. The van der Waals surface area contributed by atoms with Crippen LogP contribution in [0.25, 0.3) is 10.8 Å². The van der Waals surface area contributed by atoms with Crippen molar-refractivity contribution in [3.05, 3.63) is 23.4 Å². The fourth-order valence-corrected chi connectivity index (χ4v) is 3.13. The van der Waals surface area contributed by atoms with E-state index < -0.39 is 0 Å². The van der Waals surface area contributed by atoms with Gasteiger partial charge >= 0.3 is 0 Å². The molecule has 0 aromatic carbocycles. The predicted octanol–water partition coefficient (Wildman–Crippen LogP) is 2.00. The minimum Gasteiger partial charge on any atom is -0.419 e. The Labute approximate surface area is 115 Å². The van der Waals surface area contributed by atoms with Gasteiger partial charge < -0.3 is 9.52 Å². The van der Waals surface area contributed by atoms with Crippen LogP contribution in [0.2, 0.25) is 0 Å². The zero-order chi connectivity index (χ0) is 13.1. The summed E-state index contributed by atoms with van der Waals surface area (Å²) in [6, 6.07) is 3.96. The van der Waals surface area contributed by atoms with Crippen molar-refractivity contribution in [2.24, 2.45) is 5.92 Å². The van der Waals surface area contributed by atoms with E-state index in [1.807, 2.05) is 17.5 Å². The summed E-state index contributed by atoms with van der Waals surface area (Å²) in [5.74, 6) is 1.88. The van der Waals surface area contributed by atoms with E-state index in [0.717, 1.165) is 30.8 Å². The van der Waals surface area contributed by atoms with Crippen molar-refractivity contribution in [3.63, 3.8) is 0 Å². The van der Waals surface area contributed by atoms with Gasteiger partial charge in [-0.1, -0.05) is 6.07 Å². The molecule has 2 aromatic rings. The van der Waals surface area contributed by atoms with Crippen molar-refractivity contribution >= 4 is 11.3 Å². The molecule has 1 aliphatic heterocycles. The Morgan fingerprint density at radius 3 is 3.21 bits per heavy atom. The molecule has 1 saturated heterocycles. The minimum atomic E-state index is 0.279. The summed E-state index contributed by atoms with van der Waals surface area (Å²) in [6.07, 6.45) is 2.03. The number of aliphatic hydroxyl groups excluding tert-OH is 1. The average molecular weight is 279 g/mol. The Morgan fingerprint density at radius 2 is 2.42 bits per heavy atom. The maximum Gasteiger partial charge on any atom is 0.257 e. The van der Waals surface area contributed by atoms with Crippen LogP contribution in [0.1, 0.15) is 18.7 Å². The van der Waals surface area contributed by atoms with E-state index >= 15 is 0 Å². The summed E-state index contributed by atoms with van der Waals surface area (Å²) in [7, 11) is 0. The van der Waals surface area contributed by atoms with Gasteiger partial charge in [-0.05, 0) is 36.8 Å². The third-order valence-corrected chi connectivity index (χ3v) is 4.32. The van der Waals surface area contributed by atoms with Gasteiger partial charge in [-0.3, -0.25) is 4.90 Å². The first-order valence-electron chi connectivity index (χ1n) is 6.54. The summed E-state index contributed by atoms with van der Waals surface area (Å²) in [4.78, 5) is 3.32. The molecule has 0 saturated carbocycles. The SMILES string of the molecule is OCCC1CCN(Cc2nnc(-c3cccs3)o2)C1. The second-order valence-corrected chi connectivity index (χ2v) is 5.83. The maximum absolute atomic E-state index is 8.95. The summed E-state index contributed by atoms with van der Waals surface area (Å²) in [5.41, 5.74) is 0. The van der Waals surface area contributed by atoms with E-state index in [2.05, 4.69) is 15.1 Å². The van der Waals surface area contributed by atoms with Gasteiger partial charge in [-0.25, -0.2) is 0 Å². The summed E-state index contributed by atoms with van der Waals surface area (Å²) in [6.45, 7) is 3.04. The topological polar surface area (TPSA) is 62.4 Å². The monoisotopic (exact) mass is 279 g/mol. The van der Waals surface area contributed by atoms with Gasteiger partial charge in [-0.15, -0.1) is 21.5 Å². The normalized spacial score (nSPS) is 20.2. The third-order valence-electron chi connectivity index (χ3n) is 3.46. The lowest BCUT2D eigenvalue weighted by Crippen LogP contribution is -2.20. The highest BCUT2D eigenvalue weighted by Crippen LogP contribution is 2.25. The van der Waals surface area contributed by atoms with Crippen LogP contribution >= 0.6 is 11.3 Å². The number of aromatic nitrogens is 2. The molecule has 3 heterocycles. The molecule has 6 heteroatoms. The number of aliphatic hydroxyl groups is 1. The fourth-order valence-electron chi connectivity index (χ4n) is 2.48. The van der Waals surface area contributed by atoms with Crippen molar-refractivity contribution < 1.29 is 9.52 Å². The van der Waals surface area contributed by atoms with Crippen LogP contribution in [-0.4, -0.2) is 39.9 Å². The quantitative estimate of drug-likeness (QED) is 0.907. The molecule has 0 spiro atoms. The molecule has 3 rings (SSSR count). The smallest absolute Gasteiger partial charge is 0.257 e. The predicted molar refractivity (Wildman–Crippen MR) is 72.7 cm³/mol. The van der Waals surface area contributed by atoms with Crippen molar-refractivity contribution in [3.8, 4) is 10.8 Å². The lowest BCUT2D eigenvalue weighted by Gasteiger charge is -2.12. The number of nitrogens with zero attached hydrogens (tertiary/aromatic N) is 3. The lowest BCUT2D eigenvalue weighted by molar-refractivity contribution is 0.243. The number of hydrogen-bond acceptors (Lipinski definition) is 6. The fraction of sp³-hybridized carbons (Fsp3) is 0.538. The molecule has 0 aliphatic carbocycles. The molecule has 1 aliphatic rings. The molecule has 1 N–H and O–H groups in total. The van der Waals surface area contributed by atoms with Gasteiger partial charge in [0.15, 0.2) is 0 Å². The molecule has 1 unspecified atom stereocenters. The van der Waals surface area contributed by atoms with Crippen LogP contribution in [0.15, 0.2) is 21.9 Å². The highest BCUT2D eigenvalue weighted by molar-refractivity contribution is 7.13. The molecule has 0 bridgehead atoms. The minimum absolute atomic E-state index is 0.279. The summed E-state index contributed by atoms with van der Waals surface area (Å²) >= 11 is 1.60. The van der Waals surface area contributed by atoms with E-state index in [1.54, 1.807) is 11.3 Å². The van der Waals surface area contributed by atoms with Gasteiger partial charge in [0.25, 0.3) is 5.89 Å². The Balaban J connectivity index is 1.59. The average Bonchev–Trinajstić information content (AvgIpc) is 3.10. The Morgan fingerprint density at radius 1 is 1.47 bits per heavy atom. The zero-order valence-electron chi connectivity index (χ0n) is 10.7. The number of hydrogen-bond donors (Lipinski definition) is 1. The zero-order valence-corrected chi connectivity index (χ0v) is 11.5. The molecule has 19 heavy (non-hydrogen) atoms. The van der Waals surface area contributed by atoms with E-state index in [0.29, 0.717) is 24.2 Å². The number of thiophene rings is 1. The first-order valence-corrected chi connectivity index (χ1v) is 7.42. The van der Waals surface area contributed by atoms with Crippen molar-refractivity contribution in [2.45, 2.75) is 19.4 Å². The molecule has 2 aromatic heterocycles. The largest absolute Gasteiger partial charge is 0.419 e. The van der Waals surface area contributed by atoms with Gasteiger partial charge in [0.05, 0.1) is 11.4 Å². The van der Waals surface area contributed by atoms with Crippen LogP contribution in [-0.2, 0) is 6.54 Å². The number of rotatable bonds is 5. The Kier molecular flexibility index (Phi) is 3.91. The van der Waals surface area contributed by atoms with Crippen LogP contribution in [0.3, 0.4) is 0 Å². The van der Waals surface area contributed by atoms with E-state index in [9.17, 15) is 0 Å². The third kappa shape index (κ3) is 3.02. The van der Waals surface area contributed by atoms with Gasteiger partial charge in [0, 0.05) is 13.2 Å². The molecule has 0 radical (unpaired) electrons. The number of likely N-dealkylation sites (tertiary alicyclic amines) is 1. The Bertz CT molecular complexity index is 512. The molecule has 5 nitrogen and oxygen atoms in total. The molecular weight excluding hydrogens is 262 g/mol. The first kappa shape index (κ1) is 12.8. The van der Waals surface area contributed by atoms with Gasteiger partial charge in [0.2, 0.25) is 5.89 Å². The Hall–Kier alpha value is -1.24. The highest BCUT2D eigenvalue weighted by atomic mass is 32.1. The van der Waals surface area contributed by atoms with Crippen molar-refractivity contribution in [1.29, 1.82) is 0 Å². The first-order chi connectivity index (χ1) is 9.35. The van der Waals surface area contributed by atoms with E-state index in [4.69, 9.17) is 9.52 Å². The lowest BCUT2D eigenvalue weighted by atomic mass is 10.1. The van der Waals surface area contributed by atoms with Crippen LogP contribution < -0.4 is 0 Å². The van der Waals surface area contributed by atoms with Crippen molar-refractivity contribution in [1.82, 2.24) is 15.1 Å². The highest BCUT2D eigenvalue weighted by Gasteiger charge is 2.23. The summed E-state index contributed by atoms with van der Waals surface area (Å²) in [5, 5.41) is 19.1. The standard InChI is InChI=1S/C13H17N3O2S/c17-6-4-10-3-5-16(8-10)9-12-14-15-13(18-12)11-2-1-7-19-11/h1-2,7,10,17H,3-6,8-9H2. The molecular formula is C13H17N3O2S. The van der Waals surface area contributed by atoms with Gasteiger partial charge in [-0.2, -0.15) is 0 Å². The molecule has 0 amide bonds. The molecule has 102 valence electrons. The van der Waals surface area contributed by atoms with Crippen LogP contribution in [0, 0.1) is 5.92 Å². The molecule has 1 fully saturated rings. The van der Waals surface area contributed by atoms with Crippen LogP contribution in [0.4, 0.5) is 0 Å².